The van der Waals surface area contributed by atoms with E-state index in [1.165, 1.54) is 12.1 Å². The number of hydrogen-bond donors (Lipinski definition) is 2. The molecule has 1 aliphatic heterocycles. The molecule has 1 fully saturated rings. The highest BCUT2D eigenvalue weighted by molar-refractivity contribution is 8.15. The zero-order valence-corrected chi connectivity index (χ0v) is 14.2. The SMILES string of the molecule is Cc1ccccc1NC1SC(=O)N(Cc2cccc(C(=O)O)c2)C1=O. The minimum Gasteiger partial charge on any atom is -0.478 e. The van der Waals surface area contributed by atoms with Crippen LogP contribution < -0.4 is 5.32 Å². The molecule has 25 heavy (non-hydrogen) atoms. The van der Waals surface area contributed by atoms with Gasteiger partial charge in [-0.3, -0.25) is 14.5 Å². The van der Waals surface area contributed by atoms with Gasteiger partial charge in [-0.05, 0) is 48.0 Å². The monoisotopic (exact) mass is 356 g/mol. The van der Waals surface area contributed by atoms with Gasteiger partial charge in [0.2, 0.25) is 0 Å². The first-order chi connectivity index (χ1) is 12.0. The van der Waals surface area contributed by atoms with Crippen molar-refractivity contribution >= 4 is 34.6 Å². The molecule has 2 N–H and O–H groups in total. The second-order valence-electron chi connectivity index (χ2n) is 5.65. The van der Waals surface area contributed by atoms with Crippen LogP contribution in [-0.2, 0) is 11.3 Å². The number of aryl methyl sites for hydroxylation is 1. The van der Waals surface area contributed by atoms with E-state index in [4.69, 9.17) is 5.11 Å². The topological polar surface area (TPSA) is 86.7 Å². The maximum atomic E-state index is 12.6. The minimum atomic E-state index is -1.05. The largest absolute Gasteiger partial charge is 0.478 e. The predicted octanol–water partition coefficient (Wildman–Crippen LogP) is 3.33. The van der Waals surface area contributed by atoms with Gasteiger partial charge >= 0.3 is 5.97 Å². The lowest BCUT2D eigenvalue weighted by Gasteiger charge is -2.16. The van der Waals surface area contributed by atoms with Crippen LogP contribution in [0.1, 0.15) is 21.5 Å². The van der Waals surface area contributed by atoms with Crippen molar-refractivity contribution < 1.29 is 19.5 Å². The van der Waals surface area contributed by atoms with E-state index in [1.54, 1.807) is 12.1 Å². The van der Waals surface area contributed by atoms with E-state index in [1.807, 2.05) is 31.2 Å². The van der Waals surface area contributed by atoms with Crippen molar-refractivity contribution in [1.29, 1.82) is 0 Å². The summed E-state index contributed by atoms with van der Waals surface area (Å²) in [7, 11) is 0. The molecule has 1 heterocycles. The molecule has 2 aromatic carbocycles. The first-order valence-corrected chi connectivity index (χ1v) is 8.50. The number of nitrogens with zero attached hydrogens (tertiary/aromatic N) is 1. The lowest BCUT2D eigenvalue weighted by Crippen LogP contribution is -2.34. The number of amides is 2. The molecule has 1 unspecified atom stereocenters. The van der Waals surface area contributed by atoms with Crippen molar-refractivity contribution in [1.82, 2.24) is 4.90 Å². The molecule has 1 aliphatic rings. The van der Waals surface area contributed by atoms with Crippen molar-refractivity contribution in [3.05, 3.63) is 65.2 Å². The number of thioether (sulfide) groups is 1. The van der Waals surface area contributed by atoms with Crippen LogP contribution in [0.3, 0.4) is 0 Å². The van der Waals surface area contributed by atoms with Gasteiger partial charge in [0.15, 0.2) is 5.37 Å². The van der Waals surface area contributed by atoms with Gasteiger partial charge in [-0.25, -0.2) is 4.79 Å². The summed E-state index contributed by atoms with van der Waals surface area (Å²) in [5, 5.41) is 11.1. The normalized spacial score (nSPS) is 17.0. The maximum absolute atomic E-state index is 12.6. The molecule has 6 nitrogen and oxygen atoms in total. The second kappa shape index (κ2) is 6.98. The fourth-order valence-electron chi connectivity index (χ4n) is 2.54. The highest BCUT2D eigenvalue weighted by Crippen LogP contribution is 2.30. The smallest absolute Gasteiger partial charge is 0.335 e. The van der Waals surface area contributed by atoms with Crippen molar-refractivity contribution in [2.45, 2.75) is 18.8 Å². The molecule has 1 saturated heterocycles. The summed E-state index contributed by atoms with van der Waals surface area (Å²) in [5.74, 6) is -1.38. The Morgan fingerprint density at radius 1 is 1.20 bits per heavy atom. The number of anilines is 1. The first kappa shape index (κ1) is 17.0. The van der Waals surface area contributed by atoms with Gasteiger partial charge < -0.3 is 10.4 Å². The molecule has 1 atom stereocenters. The standard InChI is InChI=1S/C18H16N2O4S/c1-11-5-2-3-8-14(11)19-15-16(21)20(18(24)25-15)10-12-6-4-7-13(9-12)17(22)23/h2-9,15,19H,10H2,1H3,(H,22,23). The molecule has 2 amide bonds. The Bertz CT molecular complexity index is 852. The lowest BCUT2D eigenvalue weighted by molar-refractivity contribution is -0.126. The third-order valence-electron chi connectivity index (χ3n) is 3.88. The van der Waals surface area contributed by atoms with Gasteiger partial charge in [0.1, 0.15) is 0 Å². The van der Waals surface area contributed by atoms with Crippen LogP contribution in [0.15, 0.2) is 48.5 Å². The number of carbonyl (C=O) groups excluding carboxylic acids is 2. The summed E-state index contributed by atoms with van der Waals surface area (Å²) < 4.78 is 0. The lowest BCUT2D eigenvalue weighted by atomic mass is 10.1. The van der Waals surface area contributed by atoms with E-state index in [0.29, 0.717) is 5.56 Å². The molecule has 0 aliphatic carbocycles. The fourth-order valence-corrected chi connectivity index (χ4v) is 3.44. The molecule has 0 aromatic heterocycles. The second-order valence-corrected chi connectivity index (χ2v) is 6.71. The zero-order chi connectivity index (χ0) is 18.0. The van der Waals surface area contributed by atoms with Crippen LogP contribution in [0.5, 0.6) is 0 Å². The van der Waals surface area contributed by atoms with Gasteiger partial charge in [0, 0.05) is 5.69 Å². The van der Waals surface area contributed by atoms with Crippen LogP contribution in [0.25, 0.3) is 0 Å². The van der Waals surface area contributed by atoms with Crippen molar-refractivity contribution in [3.63, 3.8) is 0 Å². The third kappa shape index (κ3) is 3.66. The van der Waals surface area contributed by atoms with E-state index in [0.717, 1.165) is 27.9 Å². The summed E-state index contributed by atoms with van der Waals surface area (Å²) in [6, 6.07) is 13.8. The van der Waals surface area contributed by atoms with Crippen LogP contribution in [0, 0.1) is 6.92 Å². The number of hydrogen-bond acceptors (Lipinski definition) is 5. The molecular formula is C18H16N2O4S. The molecule has 2 aromatic rings. The van der Waals surface area contributed by atoms with Crippen LogP contribution >= 0.6 is 11.8 Å². The van der Waals surface area contributed by atoms with E-state index in [9.17, 15) is 14.4 Å². The molecular weight excluding hydrogens is 340 g/mol. The van der Waals surface area contributed by atoms with Crippen molar-refractivity contribution in [3.8, 4) is 0 Å². The van der Waals surface area contributed by atoms with Crippen molar-refractivity contribution in [2.75, 3.05) is 5.32 Å². The highest BCUT2D eigenvalue weighted by atomic mass is 32.2. The Balaban J connectivity index is 1.74. The maximum Gasteiger partial charge on any atom is 0.335 e. The molecule has 0 radical (unpaired) electrons. The van der Waals surface area contributed by atoms with E-state index in [-0.39, 0.29) is 23.3 Å². The number of nitrogens with one attached hydrogen (secondary N) is 1. The average Bonchev–Trinajstić information content (AvgIpc) is 2.85. The molecule has 0 bridgehead atoms. The summed E-state index contributed by atoms with van der Waals surface area (Å²) in [5.41, 5.74) is 2.50. The molecule has 128 valence electrons. The summed E-state index contributed by atoms with van der Waals surface area (Å²) in [4.78, 5) is 37.0. The number of carbonyl (C=O) groups is 3. The Labute approximate surface area is 148 Å². The number of benzene rings is 2. The van der Waals surface area contributed by atoms with Gasteiger partial charge in [-0.15, -0.1) is 0 Å². The predicted molar refractivity (Wildman–Crippen MR) is 95.5 cm³/mol. The van der Waals surface area contributed by atoms with Crippen LogP contribution in [-0.4, -0.2) is 32.5 Å². The number of aromatic carboxylic acids is 1. The third-order valence-corrected chi connectivity index (χ3v) is 4.85. The Kier molecular flexibility index (Phi) is 4.76. The summed E-state index contributed by atoms with van der Waals surface area (Å²) in [6.07, 6.45) is 0. The van der Waals surface area contributed by atoms with Gasteiger partial charge in [-0.1, -0.05) is 30.3 Å². The molecule has 0 saturated carbocycles. The number of imide groups is 1. The number of para-hydroxylation sites is 1. The molecule has 3 rings (SSSR count). The van der Waals surface area contributed by atoms with Gasteiger partial charge in [0.25, 0.3) is 11.1 Å². The van der Waals surface area contributed by atoms with Gasteiger partial charge in [-0.2, -0.15) is 0 Å². The van der Waals surface area contributed by atoms with Crippen molar-refractivity contribution in [2.24, 2.45) is 0 Å². The highest BCUT2D eigenvalue weighted by Gasteiger charge is 2.39. The number of carboxylic acid groups (broad SMARTS) is 1. The van der Waals surface area contributed by atoms with E-state index in [2.05, 4.69) is 5.32 Å². The summed E-state index contributed by atoms with van der Waals surface area (Å²) >= 11 is 0.925. The Morgan fingerprint density at radius 3 is 2.68 bits per heavy atom. The number of carboxylic acids is 1. The zero-order valence-electron chi connectivity index (χ0n) is 13.4. The minimum absolute atomic E-state index is 0.0533. The van der Waals surface area contributed by atoms with Crippen LogP contribution in [0.2, 0.25) is 0 Å². The Hall–Kier alpha value is -2.80. The van der Waals surface area contributed by atoms with Gasteiger partial charge in [0.05, 0.1) is 12.1 Å². The fraction of sp³-hybridized carbons (Fsp3) is 0.167. The first-order valence-electron chi connectivity index (χ1n) is 7.62. The Morgan fingerprint density at radius 2 is 1.96 bits per heavy atom. The van der Waals surface area contributed by atoms with E-state index < -0.39 is 11.3 Å². The molecule has 7 heteroatoms. The average molecular weight is 356 g/mol. The quantitative estimate of drug-likeness (QED) is 0.855. The number of rotatable bonds is 5. The summed E-state index contributed by atoms with van der Waals surface area (Å²) in [6.45, 7) is 1.97. The van der Waals surface area contributed by atoms with Crippen LogP contribution in [0.4, 0.5) is 10.5 Å². The van der Waals surface area contributed by atoms with E-state index >= 15 is 0 Å². The molecule has 0 spiro atoms.